The number of dihydropyridines is 1. The van der Waals surface area contributed by atoms with Crippen molar-refractivity contribution in [3.63, 3.8) is 0 Å². The van der Waals surface area contributed by atoms with Crippen LogP contribution in [0.2, 0.25) is 0 Å². The summed E-state index contributed by atoms with van der Waals surface area (Å²) in [7, 11) is 0. The number of esters is 1. The number of rotatable bonds is 9. The number of benzene rings is 2. The highest BCUT2D eigenvalue weighted by atomic mass is 16.6. The molecule has 0 bridgehead atoms. The molecule has 1 aliphatic rings. The fraction of sp³-hybridized carbons (Fsp3) is 0.292. The van der Waals surface area contributed by atoms with Crippen LogP contribution in [0.1, 0.15) is 49.8 Å². The number of nitrogens with zero attached hydrogens (tertiary/aromatic N) is 2. The molecule has 0 aromatic heterocycles. The summed E-state index contributed by atoms with van der Waals surface area (Å²) in [5, 5.41) is 36.9. The number of hydrogen-bond acceptors (Lipinski definition) is 8. The van der Waals surface area contributed by atoms with E-state index in [0.717, 1.165) is 0 Å². The minimum absolute atomic E-state index is 0.0000837. The van der Waals surface area contributed by atoms with Crippen molar-refractivity contribution in [3.8, 4) is 0 Å². The summed E-state index contributed by atoms with van der Waals surface area (Å²) < 4.78 is 5.22. The highest BCUT2D eigenvalue weighted by molar-refractivity contribution is 5.92. The van der Waals surface area contributed by atoms with Gasteiger partial charge in [-0.3, -0.25) is 20.2 Å². The van der Waals surface area contributed by atoms with Gasteiger partial charge in [-0.1, -0.05) is 42.5 Å². The largest absolute Gasteiger partial charge is 0.463 e. The van der Waals surface area contributed by atoms with Crippen LogP contribution in [0.4, 0.5) is 5.69 Å². The molecule has 0 saturated heterocycles. The van der Waals surface area contributed by atoms with Gasteiger partial charge in [0, 0.05) is 17.8 Å². The molecule has 0 aliphatic carbocycles. The summed E-state index contributed by atoms with van der Waals surface area (Å²) in [4.78, 5) is 35.2. The van der Waals surface area contributed by atoms with E-state index in [-0.39, 0.29) is 47.7 Å². The van der Waals surface area contributed by atoms with Gasteiger partial charge in [-0.15, -0.1) is 0 Å². The number of ether oxygens (including phenoxy) is 1. The molecule has 2 unspecified atom stereocenters. The van der Waals surface area contributed by atoms with Crippen LogP contribution in [0.3, 0.4) is 0 Å². The fourth-order valence-electron chi connectivity index (χ4n) is 4.04. The molecule has 2 atom stereocenters. The van der Waals surface area contributed by atoms with E-state index in [0.29, 0.717) is 11.3 Å². The van der Waals surface area contributed by atoms with Crippen LogP contribution in [0.15, 0.2) is 77.3 Å². The lowest BCUT2D eigenvalue weighted by Crippen LogP contribution is -2.32. The summed E-state index contributed by atoms with van der Waals surface area (Å²) in [5.41, 5.74) is 0.958. The lowest BCUT2D eigenvalue weighted by molar-refractivity contribution is -0.431. The number of nitro benzene ring substituents is 1. The van der Waals surface area contributed by atoms with Gasteiger partial charge in [0.25, 0.3) is 11.4 Å². The van der Waals surface area contributed by atoms with Gasteiger partial charge in [0.2, 0.25) is 0 Å². The van der Waals surface area contributed by atoms with Gasteiger partial charge in [0.05, 0.1) is 33.8 Å². The second-order valence-corrected chi connectivity index (χ2v) is 7.76. The topological polar surface area (TPSA) is 145 Å². The molecule has 0 amide bonds. The van der Waals surface area contributed by atoms with E-state index in [1.165, 1.54) is 31.2 Å². The van der Waals surface area contributed by atoms with Crippen LogP contribution in [0.25, 0.3) is 0 Å². The van der Waals surface area contributed by atoms with Gasteiger partial charge in [0.1, 0.15) is 5.92 Å². The van der Waals surface area contributed by atoms with E-state index in [1.807, 2.05) is 6.07 Å². The molecule has 34 heavy (non-hydrogen) atoms. The minimum Gasteiger partial charge on any atom is -0.463 e. The lowest BCUT2D eigenvalue weighted by Gasteiger charge is -2.28. The highest BCUT2D eigenvalue weighted by Crippen LogP contribution is 2.41. The van der Waals surface area contributed by atoms with Crippen molar-refractivity contribution in [1.29, 1.82) is 0 Å². The summed E-state index contributed by atoms with van der Waals surface area (Å²) in [5.74, 6) is -1.94. The molecule has 2 N–H and O–H groups in total. The van der Waals surface area contributed by atoms with Gasteiger partial charge in [-0.25, -0.2) is 4.79 Å². The second kappa shape index (κ2) is 10.7. The predicted molar refractivity (Wildman–Crippen MR) is 123 cm³/mol. The number of aliphatic hydroxyl groups excluding tert-OH is 1. The summed E-state index contributed by atoms with van der Waals surface area (Å²) in [6, 6.07) is 14.4. The van der Waals surface area contributed by atoms with Crippen molar-refractivity contribution in [2.75, 3.05) is 6.61 Å². The van der Waals surface area contributed by atoms with Crippen molar-refractivity contribution in [3.05, 3.63) is 109 Å². The lowest BCUT2D eigenvalue weighted by atomic mass is 9.82. The Morgan fingerprint density at radius 3 is 2.44 bits per heavy atom. The normalized spacial score (nSPS) is 16.6. The Balaban J connectivity index is 2.10. The summed E-state index contributed by atoms with van der Waals surface area (Å²) >= 11 is 0. The maximum Gasteiger partial charge on any atom is 0.336 e. The van der Waals surface area contributed by atoms with Crippen molar-refractivity contribution >= 4 is 11.7 Å². The number of nitrogens with one attached hydrogen (secondary N) is 1. The standard InChI is InChI=1S/C24H25N3O7/c1-3-34-24(29)22-19(12-13-20(28)16-8-5-4-6-9-16)25-15(2)23(27(32)33)21(22)17-10-7-11-18(14-17)26(30)31/h4-11,14,20-21,25,28H,3,12-13H2,1-2H3. The summed E-state index contributed by atoms with van der Waals surface area (Å²) in [6.45, 7) is 3.17. The smallest absolute Gasteiger partial charge is 0.336 e. The molecule has 1 heterocycles. The molecule has 3 rings (SSSR count). The summed E-state index contributed by atoms with van der Waals surface area (Å²) in [6.07, 6.45) is -0.396. The Kier molecular flexibility index (Phi) is 7.75. The average molecular weight is 467 g/mol. The zero-order chi connectivity index (χ0) is 24.8. The molecule has 2 aromatic carbocycles. The van der Waals surface area contributed by atoms with E-state index in [9.17, 15) is 30.1 Å². The Labute approximate surface area is 195 Å². The average Bonchev–Trinajstić information content (AvgIpc) is 2.82. The number of carbonyl (C=O) groups is 1. The van der Waals surface area contributed by atoms with Crippen LogP contribution in [0.5, 0.6) is 0 Å². The molecule has 0 saturated carbocycles. The first-order valence-corrected chi connectivity index (χ1v) is 10.7. The van der Waals surface area contributed by atoms with E-state index in [2.05, 4.69) is 5.32 Å². The van der Waals surface area contributed by atoms with E-state index < -0.39 is 27.8 Å². The molecule has 10 nitrogen and oxygen atoms in total. The Bertz CT molecular complexity index is 1160. The first kappa shape index (κ1) is 24.6. The van der Waals surface area contributed by atoms with Gasteiger partial charge >= 0.3 is 5.97 Å². The van der Waals surface area contributed by atoms with Crippen LogP contribution in [0, 0.1) is 20.2 Å². The van der Waals surface area contributed by atoms with Crippen LogP contribution >= 0.6 is 0 Å². The van der Waals surface area contributed by atoms with E-state index >= 15 is 0 Å². The van der Waals surface area contributed by atoms with E-state index in [4.69, 9.17) is 4.74 Å². The molecule has 2 aromatic rings. The van der Waals surface area contributed by atoms with Gasteiger partial charge < -0.3 is 15.2 Å². The number of non-ortho nitro benzene ring substituents is 1. The van der Waals surface area contributed by atoms with Gasteiger partial charge in [-0.05, 0) is 37.8 Å². The Morgan fingerprint density at radius 1 is 1.12 bits per heavy atom. The quantitative estimate of drug-likeness (QED) is 0.318. The fourth-order valence-corrected chi connectivity index (χ4v) is 4.04. The molecule has 178 valence electrons. The third kappa shape index (κ3) is 5.29. The maximum atomic E-state index is 13.0. The second-order valence-electron chi connectivity index (χ2n) is 7.76. The number of aliphatic hydroxyl groups is 1. The first-order chi connectivity index (χ1) is 16.2. The Morgan fingerprint density at radius 2 is 1.82 bits per heavy atom. The van der Waals surface area contributed by atoms with Crippen molar-refractivity contribution < 1.29 is 24.5 Å². The zero-order valence-electron chi connectivity index (χ0n) is 18.8. The third-order valence-electron chi connectivity index (χ3n) is 5.57. The Hall–Kier alpha value is -4.05. The van der Waals surface area contributed by atoms with E-state index in [1.54, 1.807) is 31.2 Å². The molecule has 0 spiro atoms. The zero-order valence-corrected chi connectivity index (χ0v) is 18.8. The molecule has 10 heteroatoms. The number of nitro groups is 2. The minimum atomic E-state index is -1.18. The molecular weight excluding hydrogens is 442 g/mol. The van der Waals surface area contributed by atoms with Crippen molar-refractivity contribution in [2.24, 2.45) is 0 Å². The monoisotopic (exact) mass is 467 g/mol. The maximum absolute atomic E-state index is 13.0. The molecule has 1 aliphatic heterocycles. The SMILES string of the molecule is CCOC(=O)C1=C(CCC(O)c2ccccc2)NC(C)=C([N+](=O)[O-])C1c1cccc([N+](=O)[O-])c1. The third-order valence-corrected chi connectivity index (χ3v) is 5.57. The number of allylic oxidation sites excluding steroid dienone is 3. The molecule has 0 radical (unpaired) electrons. The predicted octanol–water partition coefficient (Wildman–Crippen LogP) is 4.12. The van der Waals surface area contributed by atoms with Crippen LogP contribution in [-0.4, -0.2) is 27.5 Å². The van der Waals surface area contributed by atoms with Crippen LogP contribution < -0.4 is 5.32 Å². The first-order valence-electron chi connectivity index (χ1n) is 10.7. The van der Waals surface area contributed by atoms with Crippen LogP contribution in [-0.2, 0) is 9.53 Å². The molecular formula is C24H25N3O7. The van der Waals surface area contributed by atoms with Gasteiger partial charge in [0.15, 0.2) is 0 Å². The number of carbonyl (C=O) groups excluding carboxylic acids is 1. The van der Waals surface area contributed by atoms with Crippen molar-refractivity contribution in [2.45, 2.75) is 38.7 Å². The van der Waals surface area contributed by atoms with Gasteiger partial charge in [-0.2, -0.15) is 0 Å². The number of hydrogen-bond donors (Lipinski definition) is 2. The highest BCUT2D eigenvalue weighted by Gasteiger charge is 2.42. The van der Waals surface area contributed by atoms with Crippen molar-refractivity contribution in [1.82, 2.24) is 5.32 Å². The molecule has 0 fully saturated rings.